The summed E-state index contributed by atoms with van der Waals surface area (Å²) in [5.74, 6) is 1.16. The molecule has 1 atom stereocenters. The lowest BCUT2D eigenvalue weighted by molar-refractivity contribution is 0.316. The van der Waals surface area contributed by atoms with Gasteiger partial charge in [-0.3, -0.25) is 0 Å². The second-order valence-electron chi connectivity index (χ2n) is 4.82. The normalized spacial score (nSPS) is 19.9. The van der Waals surface area contributed by atoms with E-state index in [9.17, 15) is 8.42 Å². The van der Waals surface area contributed by atoms with Crippen LogP contribution in [0.1, 0.15) is 46.0 Å². The molecule has 1 aliphatic carbocycles. The number of nitrogens with one attached hydrogen (secondary N) is 1. The molecule has 0 bridgehead atoms. The van der Waals surface area contributed by atoms with E-state index in [0.29, 0.717) is 12.5 Å². The Bertz CT molecular complexity index is 270. The van der Waals surface area contributed by atoms with E-state index in [-0.39, 0.29) is 11.7 Å². The van der Waals surface area contributed by atoms with Crippen molar-refractivity contribution in [1.29, 1.82) is 0 Å². The average molecular weight is 233 g/mol. The summed E-state index contributed by atoms with van der Waals surface area (Å²) in [5, 5.41) is 0. The molecule has 0 amide bonds. The van der Waals surface area contributed by atoms with Gasteiger partial charge >= 0.3 is 0 Å². The highest BCUT2D eigenvalue weighted by atomic mass is 32.2. The van der Waals surface area contributed by atoms with Crippen molar-refractivity contribution in [2.24, 2.45) is 11.8 Å². The summed E-state index contributed by atoms with van der Waals surface area (Å²) >= 11 is 0. The fourth-order valence-electron chi connectivity index (χ4n) is 1.95. The van der Waals surface area contributed by atoms with Gasteiger partial charge in [0, 0.05) is 6.54 Å². The van der Waals surface area contributed by atoms with Crippen LogP contribution in [0.25, 0.3) is 0 Å². The number of hydrogen-bond acceptors (Lipinski definition) is 2. The summed E-state index contributed by atoms with van der Waals surface area (Å²) < 4.78 is 26.0. The maximum Gasteiger partial charge on any atom is 0.211 e. The SMILES string of the molecule is CCCC(C)CS(=O)(=O)NCC1CCC1. The summed E-state index contributed by atoms with van der Waals surface area (Å²) in [6.45, 7) is 4.75. The minimum atomic E-state index is -3.02. The lowest BCUT2D eigenvalue weighted by Gasteiger charge is -2.25. The van der Waals surface area contributed by atoms with Crippen molar-refractivity contribution in [2.75, 3.05) is 12.3 Å². The first-order valence-electron chi connectivity index (χ1n) is 6.01. The van der Waals surface area contributed by atoms with Crippen LogP contribution in [0, 0.1) is 11.8 Å². The predicted molar refractivity (Wildman–Crippen MR) is 63.2 cm³/mol. The van der Waals surface area contributed by atoms with Crippen LogP contribution in [0.2, 0.25) is 0 Å². The molecule has 0 heterocycles. The Morgan fingerprint density at radius 3 is 2.53 bits per heavy atom. The van der Waals surface area contributed by atoms with Crippen molar-refractivity contribution in [1.82, 2.24) is 4.72 Å². The molecule has 1 aliphatic rings. The van der Waals surface area contributed by atoms with Crippen molar-refractivity contribution in [2.45, 2.75) is 46.0 Å². The molecule has 0 aromatic rings. The van der Waals surface area contributed by atoms with E-state index in [2.05, 4.69) is 11.6 Å². The number of hydrogen-bond donors (Lipinski definition) is 1. The van der Waals surface area contributed by atoms with Crippen LogP contribution in [0.4, 0.5) is 0 Å². The molecule has 15 heavy (non-hydrogen) atoms. The highest BCUT2D eigenvalue weighted by molar-refractivity contribution is 7.89. The Balaban J connectivity index is 2.24. The van der Waals surface area contributed by atoms with Gasteiger partial charge in [0.15, 0.2) is 0 Å². The standard InChI is InChI=1S/C11H23NO2S/c1-3-5-10(2)9-15(13,14)12-8-11-6-4-7-11/h10-12H,3-9H2,1-2H3. The predicted octanol–water partition coefficient (Wildman–Crippen LogP) is 2.14. The largest absolute Gasteiger partial charge is 0.215 e. The molecule has 1 saturated carbocycles. The molecule has 0 aromatic heterocycles. The zero-order valence-corrected chi connectivity index (χ0v) is 10.6. The van der Waals surface area contributed by atoms with Gasteiger partial charge in [0.05, 0.1) is 5.75 Å². The first-order chi connectivity index (χ1) is 7.03. The van der Waals surface area contributed by atoms with Crippen LogP contribution in [0.5, 0.6) is 0 Å². The topological polar surface area (TPSA) is 46.2 Å². The molecule has 3 nitrogen and oxygen atoms in total. The average Bonchev–Trinajstić information content (AvgIpc) is 1.99. The van der Waals surface area contributed by atoms with Crippen LogP contribution in [-0.2, 0) is 10.0 Å². The monoisotopic (exact) mass is 233 g/mol. The third kappa shape index (κ3) is 4.98. The van der Waals surface area contributed by atoms with E-state index in [1.807, 2.05) is 6.92 Å². The fraction of sp³-hybridized carbons (Fsp3) is 1.00. The Hall–Kier alpha value is -0.0900. The zero-order valence-electron chi connectivity index (χ0n) is 9.83. The lowest BCUT2D eigenvalue weighted by atomic mass is 9.86. The summed E-state index contributed by atoms with van der Waals surface area (Å²) in [6.07, 6.45) is 5.68. The van der Waals surface area contributed by atoms with Crippen LogP contribution < -0.4 is 4.72 Å². The summed E-state index contributed by atoms with van der Waals surface area (Å²) in [5.41, 5.74) is 0. The molecular formula is C11H23NO2S. The van der Waals surface area contributed by atoms with Crippen LogP contribution in [0.15, 0.2) is 0 Å². The molecule has 4 heteroatoms. The van der Waals surface area contributed by atoms with Crippen molar-refractivity contribution < 1.29 is 8.42 Å². The van der Waals surface area contributed by atoms with E-state index in [4.69, 9.17) is 0 Å². The molecular weight excluding hydrogens is 210 g/mol. The molecule has 0 aromatic carbocycles. The summed E-state index contributed by atoms with van der Waals surface area (Å²) in [4.78, 5) is 0. The molecule has 0 radical (unpaired) electrons. The molecule has 1 unspecified atom stereocenters. The maximum atomic E-state index is 11.6. The molecule has 1 fully saturated rings. The summed E-state index contributed by atoms with van der Waals surface area (Å²) in [6, 6.07) is 0. The van der Waals surface area contributed by atoms with E-state index in [1.165, 1.54) is 19.3 Å². The van der Waals surface area contributed by atoms with Gasteiger partial charge in [-0.1, -0.05) is 26.7 Å². The van der Waals surface area contributed by atoms with Gasteiger partial charge in [-0.25, -0.2) is 13.1 Å². The van der Waals surface area contributed by atoms with Gasteiger partial charge in [-0.05, 0) is 31.1 Å². The Kier molecular flexibility index (Phi) is 5.06. The molecule has 1 N–H and O–H groups in total. The van der Waals surface area contributed by atoms with Crippen LogP contribution in [-0.4, -0.2) is 20.7 Å². The van der Waals surface area contributed by atoms with Crippen LogP contribution in [0.3, 0.4) is 0 Å². The van der Waals surface area contributed by atoms with Crippen molar-refractivity contribution >= 4 is 10.0 Å². The minimum Gasteiger partial charge on any atom is -0.215 e. The second kappa shape index (κ2) is 5.85. The maximum absolute atomic E-state index is 11.6. The van der Waals surface area contributed by atoms with Crippen molar-refractivity contribution in [3.63, 3.8) is 0 Å². The zero-order chi connectivity index (χ0) is 11.3. The minimum absolute atomic E-state index is 0.272. The van der Waals surface area contributed by atoms with E-state index in [1.54, 1.807) is 0 Å². The highest BCUT2D eigenvalue weighted by Gasteiger charge is 2.21. The van der Waals surface area contributed by atoms with Gasteiger partial charge in [-0.15, -0.1) is 0 Å². The first kappa shape index (κ1) is 13.0. The smallest absolute Gasteiger partial charge is 0.211 e. The number of rotatable bonds is 7. The van der Waals surface area contributed by atoms with E-state index in [0.717, 1.165) is 12.8 Å². The van der Waals surface area contributed by atoms with Crippen LogP contribution >= 0.6 is 0 Å². The van der Waals surface area contributed by atoms with Gasteiger partial charge in [-0.2, -0.15) is 0 Å². The fourth-order valence-corrected chi connectivity index (χ4v) is 3.47. The Morgan fingerprint density at radius 2 is 2.07 bits per heavy atom. The van der Waals surface area contributed by atoms with Gasteiger partial charge in [0.1, 0.15) is 0 Å². The first-order valence-corrected chi connectivity index (χ1v) is 7.66. The Morgan fingerprint density at radius 1 is 1.40 bits per heavy atom. The Labute approximate surface area is 93.7 Å². The van der Waals surface area contributed by atoms with Crippen molar-refractivity contribution in [3.8, 4) is 0 Å². The quantitative estimate of drug-likeness (QED) is 0.732. The van der Waals surface area contributed by atoms with Gasteiger partial charge < -0.3 is 0 Å². The summed E-state index contributed by atoms with van der Waals surface area (Å²) in [7, 11) is -3.02. The van der Waals surface area contributed by atoms with Gasteiger partial charge in [0.2, 0.25) is 10.0 Å². The lowest BCUT2D eigenvalue weighted by Crippen LogP contribution is -2.35. The molecule has 0 saturated heterocycles. The second-order valence-corrected chi connectivity index (χ2v) is 6.67. The molecule has 0 spiro atoms. The van der Waals surface area contributed by atoms with E-state index < -0.39 is 10.0 Å². The third-order valence-corrected chi connectivity index (χ3v) is 4.72. The highest BCUT2D eigenvalue weighted by Crippen LogP contribution is 2.25. The van der Waals surface area contributed by atoms with Gasteiger partial charge in [0.25, 0.3) is 0 Å². The molecule has 0 aliphatic heterocycles. The number of sulfonamides is 1. The molecule has 1 rings (SSSR count). The third-order valence-electron chi connectivity index (χ3n) is 3.10. The molecule has 90 valence electrons. The van der Waals surface area contributed by atoms with Crippen molar-refractivity contribution in [3.05, 3.63) is 0 Å². The van der Waals surface area contributed by atoms with E-state index >= 15 is 0 Å².